The van der Waals surface area contributed by atoms with Crippen molar-refractivity contribution in [1.82, 2.24) is 15.1 Å². The molecule has 0 aliphatic heterocycles. The molecule has 3 rings (SSSR count). The van der Waals surface area contributed by atoms with E-state index in [-0.39, 0.29) is 5.91 Å². The van der Waals surface area contributed by atoms with Gasteiger partial charge in [0.2, 0.25) is 0 Å². The normalized spacial score (nSPS) is 10.5. The van der Waals surface area contributed by atoms with Gasteiger partial charge in [0, 0.05) is 29.7 Å². The largest absolute Gasteiger partial charge is 0.496 e. The van der Waals surface area contributed by atoms with Crippen molar-refractivity contribution >= 4 is 17.5 Å². The second kappa shape index (κ2) is 7.40. The second-order valence-corrected chi connectivity index (χ2v) is 6.09. The Hall–Kier alpha value is -2.79. The Labute approximate surface area is 151 Å². The van der Waals surface area contributed by atoms with Crippen LogP contribution in [-0.2, 0) is 6.54 Å². The molecular formula is C19H18ClN3O2. The Morgan fingerprint density at radius 3 is 2.68 bits per heavy atom. The maximum absolute atomic E-state index is 12.7. The fraction of sp³-hybridized carbons (Fsp3) is 0.158. The molecule has 1 heterocycles. The minimum atomic E-state index is -0.156. The first-order valence-corrected chi connectivity index (χ1v) is 8.15. The first kappa shape index (κ1) is 17.0. The van der Waals surface area contributed by atoms with Gasteiger partial charge in [0.15, 0.2) is 0 Å². The van der Waals surface area contributed by atoms with Gasteiger partial charge in [-0.1, -0.05) is 41.9 Å². The first-order valence-electron chi connectivity index (χ1n) is 7.77. The SMILES string of the molecule is COc1ccc(Cl)cc1CN(C)C(=O)c1cc(-c2ccccc2)n[nH]1. The van der Waals surface area contributed by atoms with Crippen molar-refractivity contribution in [3.05, 3.63) is 70.9 Å². The minimum Gasteiger partial charge on any atom is -0.496 e. The molecule has 0 aliphatic rings. The third kappa shape index (κ3) is 3.83. The average molecular weight is 356 g/mol. The maximum atomic E-state index is 12.7. The van der Waals surface area contributed by atoms with Crippen LogP contribution in [0.4, 0.5) is 0 Å². The number of rotatable bonds is 5. The van der Waals surface area contributed by atoms with E-state index in [1.807, 2.05) is 30.3 Å². The summed E-state index contributed by atoms with van der Waals surface area (Å²) < 4.78 is 5.33. The lowest BCUT2D eigenvalue weighted by molar-refractivity contribution is 0.0778. The number of carbonyl (C=O) groups excluding carboxylic acids is 1. The third-order valence-corrected chi connectivity index (χ3v) is 4.11. The summed E-state index contributed by atoms with van der Waals surface area (Å²) >= 11 is 6.05. The highest BCUT2D eigenvalue weighted by molar-refractivity contribution is 6.30. The van der Waals surface area contributed by atoms with Crippen LogP contribution in [-0.4, -0.2) is 35.2 Å². The number of carbonyl (C=O) groups is 1. The number of aromatic nitrogens is 2. The fourth-order valence-electron chi connectivity index (χ4n) is 2.59. The molecule has 5 nitrogen and oxygen atoms in total. The molecule has 0 atom stereocenters. The van der Waals surface area contributed by atoms with Crippen LogP contribution in [0.5, 0.6) is 5.75 Å². The summed E-state index contributed by atoms with van der Waals surface area (Å²) in [5, 5.41) is 7.64. The molecular weight excluding hydrogens is 338 g/mol. The highest BCUT2D eigenvalue weighted by Gasteiger charge is 2.17. The molecule has 0 bridgehead atoms. The summed E-state index contributed by atoms with van der Waals surface area (Å²) in [6.07, 6.45) is 0. The summed E-state index contributed by atoms with van der Waals surface area (Å²) in [5.74, 6) is 0.537. The van der Waals surface area contributed by atoms with E-state index in [0.29, 0.717) is 23.0 Å². The van der Waals surface area contributed by atoms with Gasteiger partial charge in [-0.05, 0) is 24.3 Å². The van der Waals surface area contributed by atoms with Gasteiger partial charge >= 0.3 is 0 Å². The van der Waals surface area contributed by atoms with E-state index < -0.39 is 0 Å². The van der Waals surface area contributed by atoms with Crippen molar-refractivity contribution in [2.24, 2.45) is 0 Å². The lowest BCUT2D eigenvalue weighted by atomic mass is 10.1. The standard InChI is InChI=1S/C19H18ClN3O2/c1-23(12-14-10-15(20)8-9-18(14)25-2)19(24)17-11-16(21-22-17)13-6-4-3-5-7-13/h3-11H,12H2,1-2H3,(H,21,22). The predicted octanol–water partition coefficient (Wildman–Crippen LogP) is 4.01. The van der Waals surface area contributed by atoms with E-state index in [4.69, 9.17) is 16.3 Å². The van der Waals surface area contributed by atoms with Crippen LogP contribution in [0.1, 0.15) is 16.1 Å². The molecule has 6 heteroatoms. The molecule has 3 aromatic rings. The number of H-pyrrole nitrogens is 1. The summed E-state index contributed by atoms with van der Waals surface area (Å²) in [6.45, 7) is 0.377. The number of nitrogens with one attached hydrogen (secondary N) is 1. The molecule has 0 saturated carbocycles. The number of aromatic amines is 1. The van der Waals surface area contributed by atoms with Crippen LogP contribution in [0.15, 0.2) is 54.6 Å². The highest BCUT2D eigenvalue weighted by Crippen LogP contribution is 2.24. The smallest absolute Gasteiger partial charge is 0.271 e. The Morgan fingerprint density at radius 1 is 1.20 bits per heavy atom. The lowest BCUT2D eigenvalue weighted by Gasteiger charge is -2.18. The molecule has 0 spiro atoms. The highest BCUT2D eigenvalue weighted by atomic mass is 35.5. The van der Waals surface area contributed by atoms with Crippen LogP contribution in [0.3, 0.4) is 0 Å². The quantitative estimate of drug-likeness (QED) is 0.752. The number of methoxy groups -OCH3 is 1. The second-order valence-electron chi connectivity index (χ2n) is 5.65. The van der Waals surface area contributed by atoms with E-state index in [2.05, 4.69) is 10.2 Å². The van der Waals surface area contributed by atoms with Crippen molar-refractivity contribution in [3.63, 3.8) is 0 Å². The van der Waals surface area contributed by atoms with E-state index in [1.54, 1.807) is 43.3 Å². The lowest BCUT2D eigenvalue weighted by Crippen LogP contribution is -2.26. The molecule has 2 aromatic carbocycles. The third-order valence-electron chi connectivity index (χ3n) is 3.87. The molecule has 0 aliphatic carbocycles. The topological polar surface area (TPSA) is 58.2 Å². The summed E-state index contributed by atoms with van der Waals surface area (Å²) in [6, 6.07) is 16.8. The number of nitrogens with zero attached hydrogens (tertiary/aromatic N) is 2. The Kier molecular flexibility index (Phi) is 5.05. The Balaban J connectivity index is 1.77. The zero-order valence-electron chi connectivity index (χ0n) is 14.0. The average Bonchev–Trinajstić information content (AvgIpc) is 3.12. The number of amides is 1. The van der Waals surface area contributed by atoms with Gasteiger partial charge in [-0.2, -0.15) is 5.10 Å². The molecule has 0 fully saturated rings. The monoisotopic (exact) mass is 355 g/mol. The summed E-state index contributed by atoms with van der Waals surface area (Å²) in [5.41, 5.74) is 2.96. The maximum Gasteiger partial charge on any atom is 0.271 e. The first-order chi connectivity index (χ1) is 12.1. The Bertz CT molecular complexity index is 877. The van der Waals surface area contributed by atoms with Crippen LogP contribution >= 0.6 is 11.6 Å². The zero-order valence-corrected chi connectivity index (χ0v) is 14.7. The Morgan fingerprint density at radius 2 is 1.96 bits per heavy atom. The molecule has 0 radical (unpaired) electrons. The molecule has 0 unspecified atom stereocenters. The molecule has 25 heavy (non-hydrogen) atoms. The van der Waals surface area contributed by atoms with Crippen LogP contribution in [0.25, 0.3) is 11.3 Å². The number of benzene rings is 2. The molecule has 128 valence electrons. The van der Waals surface area contributed by atoms with E-state index in [1.165, 1.54) is 0 Å². The van der Waals surface area contributed by atoms with Gasteiger partial charge in [-0.3, -0.25) is 9.89 Å². The van der Waals surface area contributed by atoms with Gasteiger partial charge in [-0.15, -0.1) is 0 Å². The van der Waals surface area contributed by atoms with E-state index >= 15 is 0 Å². The van der Waals surface area contributed by atoms with Crippen molar-refractivity contribution in [1.29, 1.82) is 0 Å². The van der Waals surface area contributed by atoms with Gasteiger partial charge in [0.1, 0.15) is 11.4 Å². The van der Waals surface area contributed by atoms with Crippen molar-refractivity contribution in [3.8, 4) is 17.0 Å². The molecule has 1 aromatic heterocycles. The number of hydrogen-bond acceptors (Lipinski definition) is 3. The van der Waals surface area contributed by atoms with Crippen LogP contribution in [0, 0.1) is 0 Å². The van der Waals surface area contributed by atoms with Crippen LogP contribution < -0.4 is 4.74 Å². The van der Waals surface area contributed by atoms with Crippen molar-refractivity contribution in [2.45, 2.75) is 6.54 Å². The van der Waals surface area contributed by atoms with E-state index in [0.717, 1.165) is 16.8 Å². The van der Waals surface area contributed by atoms with E-state index in [9.17, 15) is 4.79 Å². The van der Waals surface area contributed by atoms with Gasteiger partial charge in [0.25, 0.3) is 5.91 Å². The molecule has 0 saturated heterocycles. The van der Waals surface area contributed by atoms with Gasteiger partial charge in [0.05, 0.1) is 12.8 Å². The van der Waals surface area contributed by atoms with Crippen molar-refractivity contribution in [2.75, 3.05) is 14.2 Å². The van der Waals surface area contributed by atoms with Crippen molar-refractivity contribution < 1.29 is 9.53 Å². The van der Waals surface area contributed by atoms with Gasteiger partial charge in [-0.25, -0.2) is 0 Å². The molecule has 1 N–H and O–H groups in total. The fourth-order valence-corrected chi connectivity index (χ4v) is 2.79. The minimum absolute atomic E-state index is 0.156. The summed E-state index contributed by atoms with van der Waals surface area (Å²) in [7, 11) is 3.32. The number of hydrogen-bond donors (Lipinski definition) is 1. The predicted molar refractivity (Wildman–Crippen MR) is 97.8 cm³/mol. The van der Waals surface area contributed by atoms with Gasteiger partial charge < -0.3 is 9.64 Å². The molecule has 1 amide bonds. The number of halogens is 1. The van der Waals surface area contributed by atoms with Crippen LogP contribution in [0.2, 0.25) is 5.02 Å². The number of ether oxygens (including phenoxy) is 1. The summed E-state index contributed by atoms with van der Waals surface area (Å²) in [4.78, 5) is 14.3. The zero-order chi connectivity index (χ0) is 17.8.